The molecule has 126 valence electrons. The molecule has 4 heteroatoms. The van der Waals surface area contributed by atoms with Crippen LogP contribution in [-0.4, -0.2) is 59.6 Å². The van der Waals surface area contributed by atoms with E-state index in [1.54, 1.807) is 6.92 Å². The van der Waals surface area contributed by atoms with E-state index < -0.39 is 0 Å². The molecule has 22 heavy (non-hydrogen) atoms. The number of aliphatic hydroxyl groups is 1. The van der Waals surface area contributed by atoms with Crippen molar-refractivity contribution in [2.24, 2.45) is 5.41 Å². The number of aliphatic hydroxyl groups excluding tert-OH is 1. The van der Waals surface area contributed by atoms with Crippen LogP contribution in [0.15, 0.2) is 11.6 Å². The largest absolute Gasteiger partial charge is 0.396 e. The number of piperidine rings is 2. The van der Waals surface area contributed by atoms with Gasteiger partial charge in [0.05, 0.1) is 6.61 Å². The molecule has 0 aromatic rings. The first-order chi connectivity index (χ1) is 10.5. The van der Waals surface area contributed by atoms with Crippen LogP contribution < -0.4 is 0 Å². The van der Waals surface area contributed by atoms with Gasteiger partial charge in [-0.2, -0.15) is 0 Å². The van der Waals surface area contributed by atoms with Crippen molar-refractivity contribution < 1.29 is 9.90 Å². The Morgan fingerprint density at radius 2 is 1.91 bits per heavy atom. The van der Waals surface area contributed by atoms with Crippen molar-refractivity contribution >= 4 is 5.91 Å². The van der Waals surface area contributed by atoms with Crippen LogP contribution in [0.3, 0.4) is 0 Å². The number of carbonyl (C=O) groups is 1. The van der Waals surface area contributed by atoms with Crippen molar-refractivity contribution in [2.75, 3.05) is 32.8 Å². The molecule has 2 heterocycles. The molecule has 2 aliphatic rings. The molecule has 0 aliphatic carbocycles. The first kappa shape index (κ1) is 17.5. The number of carbonyl (C=O) groups excluding carboxylic acids is 1. The van der Waals surface area contributed by atoms with Crippen LogP contribution in [0.2, 0.25) is 0 Å². The van der Waals surface area contributed by atoms with Gasteiger partial charge >= 0.3 is 0 Å². The first-order valence-electron chi connectivity index (χ1n) is 8.69. The molecule has 1 N–H and O–H groups in total. The number of hydrogen-bond donors (Lipinski definition) is 1. The zero-order chi connectivity index (χ0) is 16.2. The lowest BCUT2D eigenvalue weighted by atomic mass is 9.76. The monoisotopic (exact) mass is 308 g/mol. The number of rotatable bonds is 4. The Morgan fingerprint density at radius 1 is 1.23 bits per heavy atom. The van der Waals surface area contributed by atoms with Gasteiger partial charge in [0.15, 0.2) is 0 Å². The topological polar surface area (TPSA) is 43.8 Å². The van der Waals surface area contributed by atoms with Gasteiger partial charge in [-0.25, -0.2) is 0 Å². The number of nitrogens with zero attached hydrogens (tertiary/aromatic N) is 2. The summed E-state index contributed by atoms with van der Waals surface area (Å²) in [4.78, 5) is 16.0. The highest BCUT2D eigenvalue weighted by Crippen LogP contribution is 2.36. The Kier molecular flexibility index (Phi) is 6.04. The molecule has 4 nitrogen and oxygen atoms in total. The second-order valence-electron chi connectivity index (χ2n) is 7.45. The van der Waals surface area contributed by atoms with E-state index >= 15 is 0 Å². The summed E-state index contributed by atoms with van der Waals surface area (Å²) in [6, 6.07) is 0.577. The number of allylic oxidation sites excluding steroid dienone is 2. The highest BCUT2D eigenvalue weighted by atomic mass is 16.3. The van der Waals surface area contributed by atoms with Crippen LogP contribution in [0.5, 0.6) is 0 Å². The van der Waals surface area contributed by atoms with Crippen LogP contribution in [0.4, 0.5) is 0 Å². The number of likely N-dealkylation sites (tertiary alicyclic amines) is 2. The fourth-order valence-electron chi connectivity index (χ4n) is 3.88. The second kappa shape index (κ2) is 7.60. The SMILES string of the molecule is CC(=O)N1CCC(N2CCC[C@@](CO)(CC=C(C)C)C2)CC1. The summed E-state index contributed by atoms with van der Waals surface area (Å²) in [6.45, 7) is 10.1. The van der Waals surface area contributed by atoms with Gasteiger partial charge in [-0.05, 0) is 52.5 Å². The van der Waals surface area contributed by atoms with Crippen LogP contribution in [-0.2, 0) is 4.79 Å². The van der Waals surface area contributed by atoms with Crippen LogP contribution in [0.25, 0.3) is 0 Å². The van der Waals surface area contributed by atoms with Gasteiger partial charge in [0.25, 0.3) is 0 Å². The Labute approximate surface area is 135 Å². The van der Waals surface area contributed by atoms with Crippen LogP contribution in [0.1, 0.15) is 52.9 Å². The van der Waals surface area contributed by atoms with Crippen molar-refractivity contribution in [3.63, 3.8) is 0 Å². The molecule has 0 aromatic heterocycles. The zero-order valence-electron chi connectivity index (χ0n) is 14.5. The third-order valence-electron chi connectivity index (χ3n) is 5.40. The molecular weight excluding hydrogens is 276 g/mol. The summed E-state index contributed by atoms with van der Waals surface area (Å²) < 4.78 is 0. The maximum atomic E-state index is 11.5. The highest BCUT2D eigenvalue weighted by molar-refractivity contribution is 5.73. The van der Waals surface area contributed by atoms with E-state index in [1.165, 1.54) is 12.0 Å². The lowest BCUT2D eigenvalue weighted by Crippen LogP contribution is -2.53. The molecule has 2 aliphatic heterocycles. The summed E-state index contributed by atoms with van der Waals surface area (Å²) in [5.74, 6) is 0.199. The van der Waals surface area contributed by atoms with Crippen molar-refractivity contribution in [2.45, 2.75) is 58.9 Å². The van der Waals surface area contributed by atoms with Crippen molar-refractivity contribution in [1.29, 1.82) is 0 Å². The summed E-state index contributed by atoms with van der Waals surface area (Å²) >= 11 is 0. The normalized spacial score (nSPS) is 27.7. The maximum absolute atomic E-state index is 11.5. The van der Waals surface area contributed by atoms with Crippen molar-refractivity contribution in [1.82, 2.24) is 9.80 Å². The molecule has 0 saturated carbocycles. The van der Waals surface area contributed by atoms with Crippen molar-refractivity contribution in [3.8, 4) is 0 Å². The quantitative estimate of drug-likeness (QED) is 0.811. The van der Waals surface area contributed by atoms with Gasteiger partial charge in [0, 0.05) is 38.0 Å². The standard InChI is InChI=1S/C18H32N2O2/c1-15(2)5-9-18(14-21)8-4-10-20(13-18)17-6-11-19(12-7-17)16(3)22/h5,17,21H,4,6-14H2,1-3H3/t18-/m1/s1. The minimum absolute atomic E-state index is 0.0350. The van der Waals surface area contributed by atoms with E-state index in [-0.39, 0.29) is 17.9 Å². The van der Waals surface area contributed by atoms with E-state index in [9.17, 15) is 9.90 Å². The van der Waals surface area contributed by atoms with Gasteiger partial charge in [0.2, 0.25) is 5.91 Å². The lowest BCUT2D eigenvalue weighted by molar-refractivity contribution is -0.130. The summed E-state index contributed by atoms with van der Waals surface area (Å²) in [7, 11) is 0. The Bertz CT molecular complexity index is 409. The smallest absolute Gasteiger partial charge is 0.219 e. The third kappa shape index (κ3) is 4.32. The van der Waals surface area contributed by atoms with Gasteiger partial charge in [-0.15, -0.1) is 0 Å². The third-order valence-corrected chi connectivity index (χ3v) is 5.40. The average molecular weight is 308 g/mol. The summed E-state index contributed by atoms with van der Waals surface area (Å²) in [5, 5.41) is 9.98. The minimum atomic E-state index is 0.0350. The molecular formula is C18H32N2O2. The minimum Gasteiger partial charge on any atom is -0.396 e. The van der Waals surface area contributed by atoms with E-state index in [0.717, 1.165) is 51.9 Å². The molecule has 0 aromatic carbocycles. The summed E-state index contributed by atoms with van der Waals surface area (Å²) in [5.41, 5.74) is 1.37. The Hall–Kier alpha value is -0.870. The van der Waals surface area contributed by atoms with E-state index in [4.69, 9.17) is 0 Å². The molecule has 0 radical (unpaired) electrons. The van der Waals surface area contributed by atoms with E-state index in [0.29, 0.717) is 6.04 Å². The van der Waals surface area contributed by atoms with Gasteiger partial charge in [0.1, 0.15) is 0 Å². The fourth-order valence-corrected chi connectivity index (χ4v) is 3.88. The van der Waals surface area contributed by atoms with E-state index in [1.807, 2.05) is 4.90 Å². The molecule has 0 unspecified atom stereocenters. The van der Waals surface area contributed by atoms with Crippen molar-refractivity contribution in [3.05, 3.63) is 11.6 Å². The maximum Gasteiger partial charge on any atom is 0.219 e. The fraction of sp³-hybridized carbons (Fsp3) is 0.833. The molecule has 0 spiro atoms. The molecule has 2 saturated heterocycles. The zero-order valence-corrected chi connectivity index (χ0v) is 14.5. The average Bonchev–Trinajstić information content (AvgIpc) is 2.53. The number of amides is 1. The summed E-state index contributed by atoms with van der Waals surface area (Å²) in [6.07, 6.45) is 7.69. The molecule has 0 bridgehead atoms. The molecule has 1 atom stereocenters. The molecule has 2 fully saturated rings. The van der Waals surface area contributed by atoms with Gasteiger partial charge in [-0.3, -0.25) is 9.69 Å². The van der Waals surface area contributed by atoms with Crippen LogP contribution in [0, 0.1) is 5.41 Å². The van der Waals surface area contributed by atoms with Crippen LogP contribution >= 0.6 is 0 Å². The number of hydrogen-bond acceptors (Lipinski definition) is 3. The lowest BCUT2D eigenvalue weighted by Gasteiger charge is -2.47. The first-order valence-corrected chi connectivity index (χ1v) is 8.69. The van der Waals surface area contributed by atoms with Gasteiger partial charge < -0.3 is 10.0 Å². The van der Waals surface area contributed by atoms with E-state index in [2.05, 4.69) is 24.8 Å². The molecule has 1 amide bonds. The Balaban J connectivity index is 1.95. The second-order valence-corrected chi connectivity index (χ2v) is 7.45. The highest BCUT2D eigenvalue weighted by Gasteiger charge is 2.37. The predicted molar refractivity (Wildman–Crippen MR) is 89.6 cm³/mol. The molecule has 2 rings (SSSR count). The Morgan fingerprint density at radius 3 is 2.45 bits per heavy atom. The predicted octanol–water partition coefficient (Wildman–Crippen LogP) is 2.43. The van der Waals surface area contributed by atoms with Gasteiger partial charge in [-0.1, -0.05) is 11.6 Å².